The van der Waals surface area contributed by atoms with Crippen molar-refractivity contribution in [1.29, 1.82) is 0 Å². The van der Waals surface area contributed by atoms with Gasteiger partial charge in [0.25, 0.3) is 5.91 Å². The molecule has 2 aromatic carbocycles. The number of carbonyl (C=O) groups excluding carboxylic acids is 1. The number of hydrogen-bond donors (Lipinski definition) is 1. The summed E-state index contributed by atoms with van der Waals surface area (Å²) in [6.45, 7) is 1.48. The molecule has 0 aliphatic carbocycles. The van der Waals surface area contributed by atoms with Gasteiger partial charge in [-0.3, -0.25) is 9.00 Å². The van der Waals surface area contributed by atoms with E-state index in [1.165, 1.54) is 10.9 Å². The molecule has 1 atom stereocenters. The predicted octanol–water partition coefficient (Wildman–Crippen LogP) is 3.20. The zero-order valence-electron chi connectivity index (χ0n) is 13.6. The largest absolute Gasteiger partial charge is 0.352 e. The van der Waals surface area contributed by atoms with Crippen LogP contribution in [0.25, 0.3) is 10.9 Å². The first-order chi connectivity index (χ1) is 11.6. The summed E-state index contributed by atoms with van der Waals surface area (Å²) in [5, 5.41) is 4.16. The van der Waals surface area contributed by atoms with Crippen LogP contribution in [-0.4, -0.2) is 27.5 Å². The van der Waals surface area contributed by atoms with Gasteiger partial charge >= 0.3 is 0 Å². The number of amides is 1. The molecule has 1 heterocycles. The molecule has 0 spiro atoms. The van der Waals surface area contributed by atoms with Crippen molar-refractivity contribution in [2.75, 3.05) is 12.8 Å². The third-order valence-electron chi connectivity index (χ3n) is 3.99. The second-order valence-corrected chi connectivity index (χ2v) is 7.04. The Morgan fingerprint density at radius 3 is 2.58 bits per heavy atom. The Morgan fingerprint density at radius 1 is 1.08 bits per heavy atom. The molecule has 0 bridgehead atoms. The van der Waals surface area contributed by atoms with Crippen molar-refractivity contribution >= 4 is 27.6 Å². The van der Waals surface area contributed by atoms with Crippen molar-refractivity contribution in [2.24, 2.45) is 0 Å². The molecule has 0 aliphatic rings. The van der Waals surface area contributed by atoms with Crippen molar-refractivity contribution in [1.82, 2.24) is 9.88 Å². The van der Waals surface area contributed by atoms with Crippen molar-refractivity contribution < 1.29 is 9.00 Å². The van der Waals surface area contributed by atoms with E-state index < -0.39 is 10.8 Å². The van der Waals surface area contributed by atoms with E-state index >= 15 is 0 Å². The van der Waals surface area contributed by atoms with E-state index in [4.69, 9.17) is 0 Å². The number of carbonyl (C=O) groups is 1. The molecule has 24 heavy (non-hydrogen) atoms. The summed E-state index contributed by atoms with van der Waals surface area (Å²) < 4.78 is 13.6. The van der Waals surface area contributed by atoms with Crippen LogP contribution in [0.1, 0.15) is 16.8 Å². The van der Waals surface area contributed by atoms with E-state index in [9.17, 15) is 9.00 Å². The number of nitrogens with one attached hydrogen (secondary N) is 1. The van der Waals surface area contributed by atoms with Crippen LogP contribution < -0.4 is 5.32 Å². The molecule has 1 aromatic heterocycles. The van der Waals surface area contributed by atoms with Crippen molar-refractivity contribution in [3.05, 3.63) is 66.4 Å². The Kier molecular flexibility index (Phi) is 5.11. The van der Waals surface area contributed by atoms with Gasteiger partial charge in [-0.05, 0) is 48.2 Å². The molecule has 0 aliphatic heterocycles. The Morgan fingerprint density at radius 2 is 1.83 bits per heavy atom. The minimum absolute atomic E-state index is 0.0965. The molecule has 3 rings (SSSR count). The molecular formula is C19H20N2O2S. The highest BCUT2D eigenvalue weighted by molar-refractivity contribution is 7.84. The lowest BCUT2D eigenvalue weighted by Crippen LogP contribution is -2.25. The van der Waals surface area contributed by atoms with Crippen molar-refractivity contribution in [3.8, 4) is 0 Å². The highest BCUT2D eigenvalue weighted by Gasteiger charge is 2.06. The third-order valence-corrected chi connectivity index (χ3v) is 4.93. The summed E-state index contributed by atoms with van der Waals surface area (Å²) in [5.74, 6) is -0.0965. The summed E-state index contributed by atoms with van der Waals surface area (Å²) in [6, 6.07) is 17.3. The molecule has 0 saturated carbocycles. The van der Waals surface area contributed by atoms with Gasteiger partial charge in [-0.15, -0.1) is 0 Å². The van der Waals surface area contributed by atoms with Gasteiger partial charge < -0.3 is 9.88 Å². The Bertz CT molecular complexity index is 868. The molecule has 1 unspecified atom stereocenters. The van der Waals surface area contributed by atoms with E-state index in [1.807, 2.05) is 12.1 Å². The molecule has 124 valence electrons. The summed E-state index contributed by atoms with van der Waals surface area (Å²) >= 11 is 0. The smallest absolute Gasteiger partial charge is 0.251 e. The summed E-state index contributed by atoms with van der Waals surface area (Å²) in [4.78, 5) is 12.8. The number of aromatic nitrogens is 1. The zero-order valence-corrected chi connectivity index (χ0v) is 14.4. The standard InChI is InChI=1S/C19H20N2O2S/c1-24(23)17-9-7-16(8-10-17)19(22)20-12-4-13-21-14-11-15-5-2-3-6-18(15)21/h2-3,5-11,14H,4,12-13H2,1H3,(H,20,22). The van der Waals surface area contributed by atoms with Crippen LogP contribution in [-0.2, 0) is 17.3 Å². The number of rotatable bonds is 6. The monoisotopic (exact) mass is 340 g/mol. The maximum Gasteiger partial charge on any atom is 0.251 e. The first-order valence-electron chi connectivity index (χ1n) is 7.91. The zero-order chi connectivity index (χ0) is 16.9. The van der Waals surface area contributed by atoms with Crippen LogP contribution in [0.5, 0.6) is 0 Å². The average molecular weight is 340 g/mol. The first-order valence-corrected chi connectivity index (χ1v) is 9.46. The van der Waals surface area contributed by atoms with E-state index in [0.29, 0.717) is 12.1 Å². The van der Waals surface area contributed by atoms with E-state index in [-0.39, 0.29) is 5.91 Å². The van der Waals surface area contributed by atoms with Crippen molar-refractivity contribution in [3.63, 3.8) is 0 Å². The molecule has 3 aromatic rings. The molecule has 0 fully saturated rings. The predicted molar refractivity (Wildman–Crippen MR) is 97.7 cm³/mol. The van der Waals surface area contributed by atoms with Crippen LogP contribution in [0, 0.1) is 0 Å². The average Bonchev–Trinajstić information content (AvgIpc) is 3.02. The Hall–Kier alpha value is -2.40. The van der Waals surface area contributed by atoms with Gasteiger partial charge in [0.15, 0.2) is 0 Å². The van der Waals surface area contributed by atoms with Gasteiger partial charge in [-0.2, -0.15) is 0 Å². The molecule has 0 saturated heterocycles. The summed E-state index contributed by atoms with van der Waals surface area (Å²) in [5.41, 5.74) is 1.81. The van der Waals surface area contributed by atoms with Gasteiger partial charge in [0.05, 0.1) is 0 Å². The number of nitrogens with zero attached hydrogens (tertiary/aromatic N) is 1. The highest BCUT2D eigenvalue weighted by Crippen LogP contribution is 2.15. The number of benzene rings is 2. The van der Waals surface area contributed by atoms with Crippen LogP contribution in [0.4, 0.5) is 0 Å². The van der Waals surface area contributed by atoms with Crippen LogP contribution in [0.3, 0.4) is 0 Å². The number of aryl methyl sites for hydroxylation is 1. The topological polar surface area (TPSA) is 51.1 Å². The Balaban J connectivity index is 1.51. The molecule has 1 N–H and O–H groups in total. The molecule has 4 nitrogen and oxygen atoms in total. The van der Waals surface area contributed by atoms with Crippen LogP contribution in [0.15, 0.2) is 65.7 Å². The van der Waals surface area contributed by atoms with Crippen molar-refractivity contribution in [2.45, 2.75) is 17.9 Å². The maximum atomic E-state index is 12.1. The summed E-state index contributed by atoms with van der Waals surface area (Å²) in [7, 11) is -1.02. The third kappa shape index (κ3) is 3.74. The number of fused-ring (bicyclic) bond motifs is 1. The maximum absolute atomic E-state index is 12.1. The fraction of sp³-hybridized carbons (Fsp3) is 0.211. The first kappa shape index (κ1) is 16.5. The van der Waals surface area contributed by atoms with Crippen LogP contribution >= 0.6 is 0 Å². The second kappa shape index (κ2) is 7.45. The fourth-order valence-corrected chi connectivity index (χ4v) is 3.21. The minimum Gasteiger partial charge on any atom is -0.352 e. The van der Waals surface area contributed by atoms with E-state index in [2.05, 4.69) is 34.3 Å². The van der Waals surface area contributed by atoms with E-state index in [1.54, 1.807) is 30.5 Å². The summed E-state index contributed by atoms with van der Waals surface area (Å²) in [6.07, 6.45) is 4.57. The highest BCUT2D eigenvalue weighted by atomic mass is 32.2. The van der Waals surface area contributed by atoms with Crippen LogP contribution in [0.2, 0.25) is 0 Å². The molecular weight excluding hydrogens is 320 g/mol. The molecule has 1 amide bonds. The minimum atomic E-state index is -1.02. The lowest BCUT2D eigenvalue weighted by atomic mass is 10.2. The second-order valence-electron chi connectivity index (χ2n) is 5.66. The van der Waals surface area contributed by atoms with Gasteiger partial charge in [0.2, 0.25) is 0 Å². The fourth-order valence-electron chi connectivity index (χ4n) is 2.69. The Labute approximate surface area is 143 Å². The van der Waals surface area contributed by atoms with Gasteiger partial charge in [0.1, 0.15) is 0 Å². The quantitative estimate of drug-likeness (QED) is 0.701. The van der Waals surface area contributed by atoms with Gasteiger partial charge in [-0.1, -0.05) is 18.2 Å². The number of hydrogen-bond acceptors (Lipinski definition) is 2. The van der Waals surface area contributed by atoms with Gasteiger partial charge in [0, 0.05) is 52.3 Å². The lowest BCUT2D eigenvalue weighted by molar-refractivity contribution is 0.0952. The normalized spacial score (nSPS) is 12.2. The lowest BCUT2D eigenvalue weighted by Gasteiger charge is -2.08. The SMILES string of the molecule is CS(=O)c1ccc(C(=O)NCCCn2ccc3ccccc32)cc1. The number of para-hydroxylation sites is 1. The molecule has 0 radical (unpaired) electrons. The van der Waals surface area contributed by atoms with E-state index in [0.717, 1.165) is 17.9 Å². The van der Waals surface area contributed by atoms with Gasteiger partial charge in [-0.25, -0.2) is 0 Å². The molecule has 5 heteroatoms.